The van der Waals surface area contributed by atoms with Gasteiger partial charge in [0.05, 0.1) is 10.4 Å². The van der Waals surface area contributed by atoms with E-state index >= 15 is 0 Å². The number of hydrogen-bond acceptors (Lipinski definition) is 5. The summed E-state index contributed by atoms with van der Waals surface area (Å²) >= 11 is 1.15. The summed E-state index contributed by atoms with van der Waals surface area (Å²) in [5.74, 6) is 0.129. The van der Waals surface area contributed by atoms with Gasteiger partial charge in [0.15, 0.2) is 0 Å². The minimum Gasteiger partial charge on any atom is -0.383 e. The Labute approximate surface area is 84.6 Å². The first-order valence-electron chi connectivity index (χ1n) is 3.95. The number of carbonyl (C=O) groups excluding carboxylic acids is 1. The zero-order chi connectivity index (χ0) is 9.97. The molecule has 0 atom stereocenters. The monoisotopic (exact) mass is 205 g/mol. The molecule has 0 fully saturated rings. The Morgan fingerprint density at radius 1 is 1.36 bits per heavy atom. The molecule has 14 heavy (non-hydrogen) atoms. The average molecular weight is 205 g/mol. The first-order valence-corrected chi connectivity index (χ1v) is 4.72. The summed E-state index contributed by atoms with van der Waals surface area (Å²) in [5, 5.41) is 0. The third-order valence-corrected chi connectivity index (χ3v) is 2.49. The quantitative estimate of drug-likeness (QED) is 0.751. The van der Waals surface area contributed by atoms with Crippen molar-refractivity contribution >= 4 is 23.1 Å². The Hall–Kier alpha value is -1.75. The van der Waals surface area contributed by atoms with E-state index in [0.29, 0.717) is 10.4 Å². The van der Waals surface area contributed by atoms with Gasteiger partial charge >= 0.3 is 0 Å². The molecular formula is C9H7N3OS. The Balaban J connectivity index is 2.42. The highest BCUT2D eigenvalue weighted by Crippen LogP contribution is 2.15. The first kappa shape index (κ1) is 8.83. The molecule has 0 aliphatic rings. The topological polar surface area (TPSA) is 68.9 Å². The first-order chi connectivity index (χ1) is 6.79. The van der Waals surface area contributed by atoms with E-state index in [-0.39, 0.29) is 11.6 Å². The van der Waals surface area contributed by atoms with E-state index < -0.39 is 0 Å². The minimum atomic E-state index is -0.127. The maximum atomic E-state index is 11.8. The highest BCUT2D eigenvalue weighted by atomic mass is 32.1. The Morgan fingerprint density at radius 2 is 2.21 bits per heavy atom. The summed E-state index contributed by atoms with van der Waals surface area (Å²) in [6.45, 7) is 0. The largest absolute Gasteiger partial charge is 0.383 e. The molecule has 0 spiro atoms. The number of nitrogens with zero attached hydrogens (tertiary/aromatic N) is 2. The van der Waals surface area contributed by atoms with E-state index in [2.05, 4.69) is 9.36 Å². The number of hydrogen-bond donors (Lipinski definition) is 1. The zero-order valence-electron chi connectivity index (χ0n) is 7.18. The fraction of sp³-hybridized carbons (Fsp3) is 0. The molecule has 5 heteroatoms. The van der Waals surface area contributed by atoms with Crippen LogP contribution in [0.1, 0.15) is 15.2 Å². The van der Waals surface area contributed by atoms with E-state index in [9.17, 15) is 4.79 Å². The van der Waals surface area contributed by atoms with Crippen LogP contribution in [-0.4, -0.2) is 15.1 Å². The summed E-state index contributed by atoms with van der Waals surface area (Å²) in [6, 6.07) is 5.01. The lowest BCUT2D eigenvalue weighted by Gasteiger charge is -1.99. The van der Waals surface area contributed by atoms with Gasteiger partial charge < -0.3 is 5.73 Å². The summed E-state index contributed by atoms with van der Waals surface area (Å²) < 4.78 is 3.86. The SMILES string of the molecule is Nc1ncccc1C(=O)c1ccns1. The molecule has 2 aromatic heterocycles. The number of nitrogens with two attached hydrogens (primary N) is 1. The molecule has 0 aliphatic heterocycles. The third-order valence-electron chi connectivity index (χ3n) is 1.74. The number of anilines is 1. The molecule has 0 amide bonds. The van der Waals surface area contributed by atoms with Gasteiger partial charge in [-0.2, -0.15) is 0 Å². The van der Waals surface area contributed by atoms with Crippen molar-refractivity contribution in [3.05, 3.63) is 41.0 Å². The van der Waals surface area contributed by atoms with E-state index in [1.807, 2.05) is 0 Å². The van der Waals surface area contributed by atoms with Crippen LogP contribution in [0.25, 0.3) is 0 Å². The maximum Gasteiger partial charge on any atom is 0.208 e. The van der Waals surface area contributed by atoms with Crippen molar-refractivity contribution in [1.29, 1.82) is 0 Å². The van der Waals surface area contributed by atoms with Crippen LogP contribution in [0.3, 0.4) is 0 Å². The second kappa shape index (κ2) is 3.55. The number of rotatable bonds is 2. The van der Waals surface area contributed by atoms with E-state index in [1.54, 1.807) is 30.6 Å². The summed E-state index contributed by atoms with van der Waals surface area (Å²) in [6.07, 6.45) is 3.14. The van der Waals surface area contributed by atoms with Crippen LogP contribution in [0.15, 0.2) is 30.6 Å². The van der Waals surface area contributed by atoms with Crippen LogP contribution in [-0.2, 0) is 0 Å². The highest BCUT2D eigenvalue weighted by Gasteiger charge is 2.13. The number of pyridine rings is 1. The zero-order valence-corrected chi connectivity index (χ0v) is 7.99. The molecule has 0 unspecified atom stereocenters. The van der Waals surface area contributed by atoms with Gasteiger partial charge in [0.2, 0.25) is 5.78 Å². The highest BCUT2D eigenvalue weighted by molar-refractivity contribution is 7.08. The van der Waals surface area contributed by atoms with Gasteiger partial charge in [-0.1, -0.05) is 0 Å². The molecular weight excluding hydrogens is 198 g/mol. The molecule has 0 bridgehead atoms. The lowest BCUT2D eigenvalue weighted by atomic mass is 10.1. The summed E-state index contributed by atoms with van der Waals surface area (Å²) in [5.41, 5.74) is 6.01. The number of ketones is 1. The minimum absolute atomic E-state index is 0.127. The van der Waals surface area contributed by atoms with Crippen molar-refractivity contribution in [3.63, 3.8) is 0 Å². The van der Waals surface area contributed by atoms with Crippen molar-refractivity contribution in [2.24, 2.45) is 0 Å². The van der Waals surface area contributed by atoms with Crippen molar-refractivity contribution in [2.75, 3.05) is 5.73 Å². The predicted molar refractivity (Wildman–Crippen MR) is 54.2 cm³/mol. The number of nitrogen functional groups attached to an aromatic ring is 1. The lowest BCUT2D eigenvalue weighted by molar-refractivity contribution is 0.104. The van der Waals surface area contributed by atoms with Crippen molar-refractivity contribution in [3.8, 4) is 0 Å². The fourth-order valence-corrected chi connectivity index (χ4v) is 1.63. The Bertz CT molecular complexity index is 453. The van der Waals surface area contributed by atoms with Crippen molar-refractivity contribution < 1.29 is 4.79 Å². The normalized spacial score (nSPS) is 10.0. The summed E-state index contributed by atoms with van der Waals surface area (Å²) in [4.78, 5) is 16.2. The molecule has 4 nitrogen and oxygen atoms in total. The van der Waals surface area contributed by atoms with E-state index in [1.165, 1.54) is 0 Å². The molecule has 0 aliphatic carbocycles. The maximum absolute atomic E-state index is 11.8. The lowest BCUT2D eigenvalue weighted by Crippen LogP contribution is -2.04. The van der Waals surface area contributed by atoms with Gasteiger partial charge in [-0.25, -0.2) is 9.36 Å². The second-order valence-corrected chi connectivity index (χ2v) is 3.48. The third kappa shape index (κ3) is 1.49. The van der Waals surface area contributed by atoms with Crippen molar-refractivity contribution in [1.82, 2.24) is 9.36 Å². The van der Waals surface area contributed by atoms with Crippen molar-refractivity contribution in [2.45, 2.75) is 0 Å². The molecule has 0 radical (unpaired) electrons. The fourth-order valence-electron chi connectivity index (χ4n) is 1.08. The van der Waals surface area contributed by atoms with Gasteiger partial charge in [-0.3, -0.25) is 4.79 Å². The average Bonchev–Trinajstić information content (AvgIpc) is 2.70. The molecule has 0 saturated carbocycles. The van der Waals surface area contributed by atoms with Crippen LogP contribution >= 0.6 is 11.5 Å². The molecule has 2 aromatic rings. The van der Waals surface area contributed by atoms with Gasteiger partial charge in [-0.15, -0.1) is 0 Å². The van der Waals surface area contributed by atoms with Gasteiger partial charge in [0.1, 0.15) is 5.82 Å². The van der Waals surface area contributed by atoms with Crippen LogP contribution < -0.4 is 5.73 Å². The molecule has 0 aromatic carbocycles. The van der Waals surface area contributed by atoms with Gasteiger partial charge in [-0.05, 0) is 29.7 Å². The summed E-state index contributed by atoms with van der Waals surface area (Å²) in [7, 11) is 0. The van der Waals surface area contributed by atoms with Gasteiger partial charge in [0.25, 0.3) is 0 Å². The van der Waals surface area contributed by atoms with E-state index in [0.717, 1.165) is 11.5 Å². The smallest absolute Gasteiger partial charge is 0.208 e. The van der Waals surface area contributed by atoms with Gasteiger partial charge in [0, 0.05) is 12.4 Å². The molecule has 2 N–H and O–H groups in total. The van der Waals surface area contributed by atoms with Crippen LogP contribution in [0.2, 0.25) is 0 Å². The molecule has 2 rings (SSSR count). The van der Waals surface area contributed by atoms with Crippen LogP contribution in [0.4, 0.5) is 5.82 Å². The van der Waals surface area contributed by atoms with Crippen LogP contribution in [0.5, 0.6) is 0 Å². The van der Waals surface area contributed by atoms with Crippen LogP contribution in [0, 0.1) is 0 Å². The second-order valence-electron chi connectivity index (χ2n) is 2.64. The predicted octanol–water partition coefficient (Wildman–Crippen LogP) is 1.35. The molecule has 2 heterocycles. The standard InChI is InChI=1S/C9H7N3OS/c10-9-6(2-1-4-11-9)8(13)7-3-5-12-14-7/h1-5H,(H2,10,11). The number of carbonyl (C=O) groups is 1. The Morgan fingerprint density at radius 3 is 2.86 bits per heavy atom. The Kier molecular flexibility index (Phi) is 2.24. The molecule has 0 saturated heterocycles. The number of aromatic nitrogens is 2. The van der Waals surface area contributed by atoms with E-state index in [4.69, 9.17) is 5.73 Å². The molecule has 70 valence electrons.